The minimum Gasteiger partial charge on any atom is -0.449 e. The highest BCUT2D eigenvalue weighted by atomic mass is 79.9. The quantitative estimate of drug-likeness (QED) is 0.428. The summed E-state index contributed by atoms with van der Waals surface area (Å²) in [4.78, 5) is 0. The second-order valence-corrected chi connectivity index (χ2v) is 6.20. The normalized spacial score (nSPS) is 10.4. The molecule has 5 nitrogen and oxygen atoms in total. The van der Waals surface area contributed by atoms with Gasteiger partial charge in [-0.1, -0.05) is 0 Å². The van der Waals surface area contributed by atoms with Gasteiger partial charge in [-0.05, 0) is 34.1 Å². The Bertz CT molecular complexity index is 1130. The van der Waals surface area contributed by atoms with Gasteiger partial charge in [0.15, 0.2) is 28.7 Å². The maximum absolute atomic E-state index is 14.1. The highest BCUT2D eigenvalue weighted by Gasteiger charge is 2.33. The molecule has 152 valence electrons. The Morgan fingerprint density at radius 3 is 1.93 bits per heavy atom. The van der Waals surface area contributed by atoms with Crippen LogP contribution in [0.25, 0.3) is 0 Å². The average Bonchev–Trinajstić information content (AvgIpc) is 2.67. The third-order valence-corrected chi connectivity index (χ3v) is 4.01. The summed E-state index contributed by atoms with van der Waals surface area (Å²) in [5.74, 6) is -6.33. The molecule has 30 heavy (non-hydrogen) atoms. The van der Waals surface area contributed by atoms with Gasteiger partial charge in [-0.15, -0.1) is 0 Å². The Hall–Kier alpha value is -3.69. The number of hydrogen-bond donors (Lipinski definition) is 1. The zero-order valence-corrected chi connectivity index (χ0v) is 15.8. The van der Waals surface area contributed by atoms with Crippen LogP contribution in [0, 0.1) is 51.4 Å². The highest BCUT2D eigenvalue weighted by molar-refractivity contribution is 9.10. The van der Waals surface area contributed by atoms with Crippen molar-refractivity contribution < 1.29 is 31.1 Å². The fourth-order valence-electron chi connectivity index (χ4n) is 2.06. The molecule has 0 fully saturated rings. The molecule has 0 aliphatic heterocycles. The number of rotatable bonds is 4. The number of ether oxygens (including phenoxy) is 1. The number of alkyl halides is 3. The molecule has 0 aliphatic carbocycles. The number of benzene rings is 2. The lowest BCUT2D eigenvalue weighted by Crippen LogP contribution is -2.08. The van der Waals surface area contributed by atoms with Gasteiger partial charge >= 0.3 is 6.18 Å². The van der Waals surface area contributed by atoms with Crippen LogP contribution in [0.4, 0.5) is 32.0 Å². The Morgan fingerprint density at radius 2 is 1.47 bits per heavy atom. The second kappa shape index (κ2) is 8.76. The van der Waals surface area contributed by atoms with E-state index in [2.05, 4.69) is 21.2 Å². The Kier molecular flexibility index (Phi) is 6.60. The van der Waals surface area contributed by atoms with Gasteiger partial charge in [0.25, 0.3) is 0 Å². The van der Waals surface area contributed by atoms with Crippen molar-refractivity contribution in [1.29, 1.82) is 15.8 Å². The van der Waals surface area contributed by atoms with E-state index in [1.807, 2.05) is 0 Å². The van der Waals surface area contributed by atoms with E-state index in [9.17, 15) is 26.3 Å². The van der Waals surface area contributed by atoms with Crippen LogP contribution < -0.4 is 10.1 Å². The highest BCUT2D eigenvalue weighted by Crippen LogP contribution is 2.39. The molecule has 2 rings (SSSR count). The lowest BCUT2D eigenvalue weighted by atomic mass is 10.2. The zero-order valence-electron chi connectivity index (χ0n) is 14.2. The van der Waals surface area contributed by atoms with E-state index in [0.29, 0.717) is 6.07 Å². The number of nitriles is 3. The first-order chi connectivity index (χ1) is 14.0. The summed E-state index contributed by atoms with van der Waals surface area (Å²) in [6.45, 7) is 0. The average molecular weight is 487 g/mol. The van der Waals surface area contributed by atoms with Crippen molar-refractivity contribution in [2.75, 3.05) is 5.32 Å². The van der Waals surface area contributed by atoms with E-state index < -0.39 is 52.0 Å². The maximum atomic E-state index is 14.1. The molecule has 0 saturated carbocycles. The Morgan fingerprint density at radius 1 is 0.900 bits per heavy atom. The van der Waals surface area contributed by atoms with Gasteiger partial charge < -0.3 is 10.1 Å². The molecule has 0 unspecified atom stereocenters. The molecular formula is C18H5BrF6N4O. The summed E-state index contributed by atoms with van der Waals surface area (Å²) in [6, 6.07) is 5.95. The summed E-state index contributed by atoms with van der Waals surface area (Å²) in [6.07, 6.45) is -5.02. The van der Waals surface area contributed by atoms with Crippen LogP contribution >= 0.6 is 15.9 Å². The van der Waals surface area contributed by atoms with E-state index in [1.165, 1.54) is 18.2 Å². The van der Waals surface area contributed by atoms with E-state index in [1.54, 1.807) is 0 Å². The fraction of sp³-hybridized carbons (Fsp3) is 0.0556. The molecule has 0 aromatic heterocycles. The lowest BCUT2D eigenvalue weighted by molar-refractivity contribution is -0.138. The molecule has 0 bridgehead atoms. The van der Waals surface area contributed by atoms with Crippen LogP contribution in [0.2, 0.25) is 0 Å². The summed E-state index contributed by atoms with van der Waals surface area (Å²) in [7, 11) is 0. The van der Waals surface area contributed by atoms with Crippen LogP contribution in [-0.2, 0) is 6.18 Å². The molecule has 0 spiro atoms. The van der Waals surface area contributed by atoms with Gasteiger partial charge in [0, 0.05) is 6.07 Å². The fourth-order valence-corrected chi connectivity index (χ4v) is 2.40. The molecule has 12 heteroatoms. The summed E-state index contributed by atoms with van der Waals surface area (Å²) >= 11 is 2.84. The number of anilines is 1. The van der Waals surface area contributed by atoms with Gasteiger partial charge in [0.1, 0.15) is 29.7 Å². The van der Waals surface area contributed by atoms with Crippen LogP contribution in [0.3, 0.4) is 0 Å². The summed E-state index contributed by atoms with van der Waals surface area (Å²) in [5.41, 5.74) is -3.17. The monoisotopic (exact) mass is 486 g/mol. The minimum atomic E-state index is -5.02. The van der Waals surface area contributed by atoms with Crippen molar-refractivity contribution >= 4 is 21.6 Å². The van der Waals surface area contributed by atoms with E-state index in [0.717, 1.165) is 6.07 Å². The number of nitrogens with zero attached hydrogens (tertiary/aromatic N) is 3. The second-order valence-electron chi connectivity index (χ2n) is 5.34. The molecule has 0 amide bonds. The molecule has 0 aliphatic rings. The number of allylic oxidation sites excluding steroid dienone is 2. The first-order valence-corrected chi connectivity index (χ1v) is 8.25. The molecule has 0 saturated heterocycles. The predicted molar refractivity (Wildman–Crippen MR) is 93.0 cm³/mol. The number of nitrogens with one attached hydrogen (secondary N) is 1. The first-order valence-electron chi connectivity index (χ1n) is 7.46. The van der Waals surface area contributed by atoms with Crippen LogP contribution in [0.5, 0.6) is 11.5 Å². The summed E-state index contributed by atoms with van der Waals surface area (Å²) < 4.78 is 84.8. The van der Waals surface area contributed by atoms with Crippen molar-refractivity contribution in [2.24, 2.45) is 0 Å². The van der Waals surface area contributed by atoms with Crippen molar-refractivity contribution in [2.45, 2.75) is 6.18 Å². The molecule has 0 atom stereocenters. The third-order valence-electron chi connectivity index (χ3n) is 3.41. The van der Waals surface area contributed by atoms with Gasteiger partial charge in [-0.2, -0.15) is 29.0 Å². The van der Waals surface area contributed by atoms with E-state index >= 15 is 0 Å². The van der Waals surface area contributed by atoms with E-state index in [-0.39, 0.29) is 22.3 Å². The van der Waals surface area contributed by atoms with Crippen molar-refractivity contribution in [3.8, 4) is 29.7 Å². The van der Waals surface area contributed by atoms with Crippen molar-refractivity contribution in [3.05, 3.63) is 63.0 Å². The van der Waals surface area contributed by atoms with Gasteiger partial charge in [0.2, 0.25) is 0 Å². The van der Waals surface area contributed by atoms with Gasteiger partial charge in [-0.3, -0.25) is 0 Å². The first kappa shape index (κ1) is 22.6. The van der Waals surface area contributed by atoms with Gasteiger partial charge in [-0.25, -0.2) is 13.2 Å². The largest absolute Gasteiger partial charge is 0.449 e. The molecule has 1 N–H and O–H groups in total. The SMILES string of the molecule is N#CC(C#N)=C(C#N)Nc1cc(Br)c(F)cc1Oc1c(F)cc(C(F)(F)F)cc1F. The van der Waals surface area contributed by atoms with Gasteiger partial charge in [0.05, 0.1) is 15.7 Å². The third kappa shape index (κ3) is 4.83. The van der Waals surface area contributed by atoms with Crippen molar-refractivity contribution in [3.63, 3.8) is 0 Å². The minimum absolute atomic E-state index is 0.00912. The van der Waals surface area contributed by atoms with E-state index in [4.69, 9.17) is 20.5 Å². The molecule has 2 aromatic carbocycles. The molecule has 0 radical (unpaired) electrons. The Labute approximate surface area is 173 Å². The topological polar surface area (TPSA) is 92.6 Å². The number of halogens is 7. The van der Waals surface area contributed by atoms with Crippen LogP contribution in [0.15, 0.2) is 40.0 Å². The number of hydrogen-bond acceptors (Lipinski definition) is 5. The standard InChI is InChI=1S/C18H5BrF6N4O/c19-10-3-14(29-15(7-28)8(5-26)6-27)16(4-11(10)20)30-17-12(21)1-9(2-13(17)22)18(23,24)25/h1-4,29H. The summed E-state index contributed by atoms with van der Waals surface area (Å²) in [5, 5.41) is 29.1. The maximum Gasteiger partial charge on any atom is 0.416 e. The van der Waals surface area contributed by atoms with Crippen LogP contribution in [-0.4, -0.2) is 0 Å². The molecular weight excluding hydrogens is 482 g/mol. The lowest BCUT2D eigenvalue weighted by Gasteiger charge is -2.15. The Balaban J connectivity index is 2.58. The van der Waals surface area contributed by atoms with Crippen LogP contribution in [0.1, 0.15) is 5.56 Å². The predicted octanol–water partition coefficient (Wildman–Crippen LogP) is 5.91. The zero-order chi connectivity index (χ0) is 22.6. The molecule has 2 aromatic rings. The smallest absolute Gasteiger partial charge is 0.416 e. The van der Waals surface area contributed by atoms with Crippen molar-refractivity contribution in [1.82, 2.24) is 0 Å². The molecule has 0 heterocycles.